The van der Waals surface area contributed by atoms with Crippen LogP contribution in [0.25, 0.3) is 6.08 Å². The molecule has 0 bridgehead atoms. The van der Waals surface area contributed by atoms with Gasteiger partial charge in [-0.3, -0.25) is 9.59 Å². The van der Waals surface area contributed by atoms with Gasteiger partial charge in [-0.2, -0.15) is 13.2 Å². The number of carbonyl (C=O) groups is 3. The smallest absolute Gasteiger partial charge is 0.416 e. The van der Waals surface area contributed by atoms with Crippen LogP contribution in [-0.2, 0) is 27.1 Å². The zero-order valence-electron chi connectivity index (χ0n) is 22.5. The topological polar surface area (TPSA) is 114 Å². The molecule has 1 heterocycles. The number of benzene rings is 3. The normalized spacial score (nSPS) is 13.6. The van der Waals surface area contributed by atoms with Gasteiger partial charge in [-0.15, -0.1) is 0 Å². The highest BCUT2D eigenvalue weighted by molar-refractivity contribution is 6.03. The maximum Gasteiger partial charge on any atom is 0.416 e. The van der Waals surface area contributed by atoms with E-state index < -0.39 is 17.8 Å². The number of ether oxygens (including phenoxy) is 2. The van der Waals surface area contributed by atoms with E-state index in [9.17, 15) is 27.6 Å². The Morgan fingerprint density at radius 1 is 0.881 bits per heavy atom. The summed E-state index contributed by atoms with van der Waals surface area (Å²) in [6.45, 7) is 0.741. The third-order valence-corrected chi connectivity index (χ3v) is 6.42. The van der Waals surface area contributed by atoms with Gasteiger partial charge in [0.15, 0.2) is 6.61 Å². The van der Waals surface area contributed by atoms with Crippen molar-refractivity contribution in [2.24, 2.45) is 0 Å². The summed E-state index contributed by atoms with van der Waals surface area (Å²) < 4.78 is 48.9. The number of hydrogen-bond acceptors (Lipinski definition) is 6. The Morgan fingerprint density at radius 3 is 2.17 bits per heavy atom. The van der Waals surface area contributed by atoms with Crippen LogP contribution in [0.1, 0.15) is 16.7 Å². The molecule has 42 heavy (non-hydrogen) atoms. The Balaban J connectivity index is 1.16. The predicted octanol–water partition coefficient (Wildman–Crippen LogP) is 4.80. The molecule has 9 nitrogen and oxygen atoms in total. The Bertz CT molecular complexity index is 1420. The largest absolute Gasteiger partial charge is 0.484 e. The molecule has 3 aromatic rings. The molecule has 0 radical (unpaired) electrons. The van der Waals surface area contributed by atoms with E-state index >= 15 is 0 Å². The van der Waals surface area contributed by atoms with E-state index in [0.29, 0.717) is 22.7 Å². The van der Waals surface area contributed by atoms with Crippen molar-refractivity contribution < 1.29 is 37.0 Å². The second-order valence-corrected chi connectivity index (χ2v) is 9.38. The Hall–Kier alpha value is -5.00. The summed E-state index contributed by atoms with van der Waals surface area (Å²) in [6.07, 6.45) is -2.01. The lowest BCUT2D eigenvalue weighted by molar-refractivity contribution is -0.137. The number of para-hydroxylation sites is 2. The lowest BCUT2D eigenvalue weighted by Crippen LogP contribution is -2.51. The van der Waals surface area contributed by atoms with Gasteiger partial charge in [0, 0.05) is 32.3 Å². The number of nitrogens with two attached hydrogens (primary N) is 1. The van der Waals surface area contributed by atoms with Crippen LogP contribution in [0.2, 0.25) is 0 Å². The van der Waals surface area contributed by atoms with Gasteiger partial charge in [0.1, 0.15) is 12.4 Å². The van der Waals surface area contributed by atoms with Gasteiger partial charge >= 0.3 is 12.3 Å². The molecule has 0 spiro atoms. The molecule has 3 aromatic carbocycles. The molecule has 1 aliphatic rings. The number of rotatable bonds is 8. The summed E-state index contributed by atoms with van der Waals surface area (Å²) in [6, 6.07) is 18.2. The van der Waals surface area contributed by atoms with Gasteiger partial charge in [-0.25, -0.2) is 4.79 Å². The molecule has 220 valence electrons. The third kappa shape index (κ3) is 8.50. The molecule has 1 aliphatic heterocycles. The van der Waals surface area contributed by atoms with Crippen molar-refractivity contribution in [2.45, 2.75) is 12.8 Å². The molecule has 1 fully saturated rings. The minimum atomic E-state index is -4.43. The number of carbonyl (C=O) groups excluding carboxylic acids is 3. The molecule has 0 aromatic heterocycles. The molecule has 0 saturated carbocycles. The van der Waals surface area contributed by atoms with Gasteiger partial charge in [-0.1, -0.05) is 36.4 Å². The maximum absolute atomic E-state index is 12.7. The fraction of sp³-hybridized carbons (Fsp3) is 0.233. The van der Waals surface area contributed by atoms with Crippen molar-refractivity contribution >= 4 is 35.4 Å². The standard InChI is InChI=1S/C30H29F3N4O5/c31-30(32,33)23-10-5-22(6-11-23)19-42-29(40)37-17-15-36(16-18-37)28(39)20-41-24-12-7-21(8-13-24)9-14-27(38)35-26-4-2-1-3-25(26)34/h1-14H,15-20,34H2,(H,35,38)/b14-9+. The first-order chi connectivity index (χ1) is 20.1. The van der Waals surface area contributed by atoms with Crippen LogP contribution in [0.4, 0.5) is 29.3 Å². The molecule has 1 saturated heterocycles. The monoisotopic (exact) mass is 582 g/mol. The third-order valence-electron chi connectivity index (χ3n) is 6.42. The Kier molecular flexibility index (Phi) is 9.69. The number of alkyl halides is 3. The van der Waals surface area contributed by atoms with Crippen LogP contribution in [0.3, 0.4) is 0 Å². The quantitative estimate of drug-likeness (QED) is 0.292. The SMILES string of the molecule is Nc1ccccc1NC(=O)/C=C/c1ccc(OCC(=O)N2CCN(C(=O)OCc3ccc(C(F)(F)F)cc3)CC2)cc1. The van der Waals surface area contributed by atoms with E-state index in [-0.39, 0.29) is 51.2 Å². The first-order valence-electron chi connectivity index (χ1n) is 13.0. The maximum atomic E-state index is 12.7. The van der Waals surface area contributed by atoms with Crippen molar-refractivity contribution in [3.63, 3.8) is 0 Å². The zero-order chi connectivity index (χ0) is 30.1. The van der Waals surface area contributed by atoms with Crippen LogP contribution in [-0.4, -0.2) is 60.5 Å². The highest BCUT2D eigenvalue weighted by Gasteiger charge is 2.30. The lowest BCUT2D eigenvalue weighted by atomic mass is 10.1. The van der Waals surface area contributed by atoms with Crippen LogP contribution in [0.5, 0.6) is 5.75 Å². The summed E-state index contributed by atoms with van der Waals surface area (Å²) in [5.41, 5.74) is 7.24. The van der Waals surface area contributed by atoms with E-state index in [1.54, 1.807) is 59.5 Å². The Labute approximate surface area is 240 Å². The average Bonchev–Trinajstić information content (AvgIpc) is 2.99. The van der Waals surface area contributed by atoms with E-state index in [2.05, 4.69) is 5.32 Å². The summed E-state index contributed by atoms with van der Waals surface area (Å²) >= 11 is 0. The molecular formula is C30H29F3N4O5. The summed E-state index contributed by atoms with van der Waals surface area (Å²) in [4.78, 5) is 40.1. The second kappa shape index (κ2) is 13.6. The summed E-state index contributed by atoms with van der Waals surface area (Å²) in [7, 11) is 0. The average molecular weight is 583 g/mol. The van der Waals surface area contributed by atoms with Gasteiger partial charge in [0.05, 0.1) is 16.9 Å². The molecule has 12 heteroatoms. The zero-order valence-corrected chi connectivity index (χ0v) is 22.5. The van der Waals surface area contributed by atoms with E-state index in [1.807, 2.05) is 0 Å². The van der Waals surface area contributed by atoms with Gasteiger partial charge < -0.3 is 30.3 Å². The first-order valence-corrected chi connectivity index (χ1v) is 13.0. The predicted molar refractivity (Wildman–Crippen MR) is 150 cm³/mol. The van der Waals surface area contributed by atoms with Crippen LogP contribution in [0, 0.1) is 0 Å². The number of amides is 3. The first kappa shape index (κ1) is 30.0. The van der Waals surface area contributed by atoms with Crippen LogP contribution >= 0.6 is 0 Å². The highest BCUT2D eigenvalue weighted by atomic mass is 19.4. The van der Waals surface area contributed by atoms with E-state index in [4.69, 9.17) is 15.2 Å². The fourth-order valence-electron chi connectivity index (χ4n) is 4.03. The number of nitrogens with zero attached hydrogens (tertiary/aromatic N) is 2. The molecule has 0 unspecified atom stereocenters. The fourth-order valence-corrected chi connectivity index (χ4v) is 4.03. The molecule has 0 aliphatic carbocycles. The summed E-state index contributed by atoms with van der Waals surface area (Å²) in [5.74, 6) is -0.0903. The van der Waals surface area contributed by atoms with E-state index in [1.165, 1.54) is 23.1 Å². The molecular weight excluding hydrogens is 553 g/mol. The van der Waals surface area contributed by atoms with Gasteiger partial charge in [0.2, 0.25) is 5.91 Å². The Morgan fingerprint density at radius 2 is 1.52 bits per heavy atom. The number of hydrogen-bond donors (Lipinski definition) is 2. The van der Waals surface area contributed by atoms with Crippen molar-refractivity contribution in [1.29, 1.82) is 0 Å². The van der Waals surface area contributed by atoms with E-state index in [0.717, 1.165) is 17.7 Å². The molecule has 4 rings (SSSR count). The van der Waals surface area contributed by atoms with Crippen molar-refractivity contribution in [1.82, 2.24) is 9.80 Å². The summed E-state index contributed by atoms with van der Waals surface area (Å²) in [5, 5.41) is 2.71. The minimum absolute atomic E-state index is 0.158. The molecule has 3 N–H and O–H groups in total. The number of nitrogens with one attached hydrogen (secondary N) is 1. The number of anilines is 2. The number of piperazine rings is 1. The van der Waals surface area contributed by atoms with Crippen LogP contribution in [0.15, 0.2) is 78.9 Å². The number of nitrogen functional groups attached to an aromatic ring is 1. The number of halogens is 3. The van der Waals surface area contributed by atoms with Gasteiger partial charge in [0.25, 0.3) is 5.91 Å². The van der Waals surface area contributed by atoms with Crippen molar-refractivity contribution in [2.75, 3.05) is 43.8 Å². The highest BCUT2D eigenvalue weighted by Crippen LogP contribution is 2.29. The lowest BCUT2D eigenvalue weighted by Gasteiger charge is -2.34. The van der Waals surface area contributed by atoms with Crippen molar-refractivity contribution in [3.8, 4) is 5.75 Å². The van der Waals surface area contributed by atoms with Crippen LogP contribution < -0.4 is 15.8 Å². The van der Waals surface area contributed by atoms with Crippen molar-refractivity contribution in [3.05, 3.63) is 95.6 Å². The molecule has 0 atom stereocenters. The van der Waals surface area contributed by atoms with Gasteiger partial charge in [-0.05, 0) is 53.6 Å². The second-order valence-electron chi connectivity index (χ2n) is 9.38. The molecule has 3 amide bonds. The minimum Gasteiger partial charge on any atom is -0.484 e.